The highest BCUT2D eigenvalue weighted by molar-refractivity contribution is 5.97. The Kier molecular flexibility index (Phi) is 4.63. The van der Waals surface area contributed by atoms with E-state index in [4.69, 9.17) is 5.73 Å². The van der Waals surface area contributed by atoms with Gasteiger partial charge in [-0.25, -0.2) is 0 Å². The van der Waals surface area contributed by atoms with E-state index in [9.17, 15) is 22.8 Å². The van der Waals surface area contributed by atoms with Gasteiger partial charge in [-0.1, -0.05) is 12.1 Å². The molecule has 0 aliphatic rings. The fourth-order valence-electron chi connectivity index (χ4n) is 2.20. The summed E-state index contributed by atoms with van der Waals surface area (Å²) in [7, 11) is 1.41. The zero-order chi connectivity index (χ0) is 18.1. The van der Waals surface area contributed by atoms with Crippen LogP contribution in [-0.2, 0) is 6.18 Å². The molecule has 0 fully saturated rings. The monoisotopic (exact) mass is 340 g/mol. The molecule has 0 spiro atoms. The standard InChI is InChI=1S/C15H15F3N4O2/c1-8(9-3-5-10(6-4-9)15(16,17)18)22-12(13(19)23)7-11(21-22)14(24)20-2/h3-8H,1-2H3,(H2,19,23)(H,20,24). The van der Waals surface area contributed by atoms with Crippen molar-refractivity contribution >= 4 is 11.8 Å². The molecule has 0 saturated heterocycles. The lowest BCUT2D eigenvalue weighted by Crippen LogP contribution is -2.21. The SMILES string of the molecule is CNC(=O)c1cc(C(N)=O)n(C(C)c2ccc(C(F)(F)F)cc2)n1. The molecule has 2 rings (SSSR count). The van der Waals surface area contributed by atoms with Crippen molar-refractivity contribution < 1.29 is 22.8 Å². The Bertz CT molecular complexity index is 766. The van der Waals surface area contributed by atoms with E-state index in [1.54, 1.807) is 6.92 Å². The molecule has 2 aromatic rings. The van der Waals surface area contributed by atoms with Gasteiger partial charge in [-0.2, -0.15) is 18.3 Å². The topological polar surface area (TPSA) is 90.0 Å². The second-order valence-corrected chi connectivity index (χ2v) is 5.10. The molecule has 1 aromatic heterocycles. The van der Waals surface area contributed by atoms with Gasteiger partial charge in [-0.3, -0.25) is 14.3 Å². The number of aromatic nitrogens is 2. The summed E-state index contributed by atoms with van der Waals surface area (Å²) < 4.78 is 39.1. The minimum atomic E-state index is -4.43. The van der Waals surface area contributed by atoms with Crippen LogP contribution in [0.5, 0.6) is 0 Å². The van der Waals surface area contributed by atoms with E-state index >= 15 is 0 Å². The molecule has 6 nitrogen and oxygen atoms in total. The molecule has 24 heavy (non-hydrogen) atoms. The first kappa shape index (κ1) is 17.5. The van der Waals surface area contributed by atoms with E-state index in [0.717, 1.165) is 12.1 Å². The van der Waals surface area contributed by atoms with Crippen molar-refractivity contribution in [3.63, 3.8) is 0 Å². The van der Waals surface area contributed by atoms with Crippen LogP contribution in [0.2, 0.25) is 0 Å². The molecule has 0 aliphatic carbocycles. The molecule has 128 valence electrons. The van der Waals surface area contributed by atoms with Crippen LogP contribution in [0, 0.1) is 0 Å². The van der Waals surface area contributed by atoms with Crippen molar-refractivity contribution in [3.8, 4) is 0 Å². The number of carbonyl (C=O) groups excluding carboxylic acids is 2. The van der Waals surface area contributed by atoms with Crippen LogP contribution >= 0.6 is 0 Å². The fourth-order valence-corrected chi connectivity index (χ4v) is 2.20. The maximum atomic E-state index is 12.6. The average molecular weight is 340 g/mol. The molecule has 1 unspecified atom stereocenters. The van der Waals surface area contributed by atoms with Crippen LogP contribution in [0.15, 0.2) is 30.3 Å². The second kappa shape index (κ2) is 6.34. The predicted octanol–water partition coefficient (Wildman–Crippen LogP) is 1.97. The van der Waals surface area contributed by atoms with Crippen molar-refractivity contribution in [3.05, 3.63) is 52.8 Å². The molecule has 1 atom stereocenters. The van der Waals surface area contributed by atoms with Gasteiger partial charge in [-0.15, -0.1) is 0 Å². The van der Waals surface area contributed by atoms with Crippen molar-refractivity contribution in [1.29, 1.82) is 0 Å². The Balaban J connectivity index is 2.41. The van der Waals surface area contributed by atoms with Gasteiger partial charge >= 0.3 is 6.18 Å². The van der Waals surface area contributed by atoms with Crippen LogP contribution < -0.4 is 11.1 Å². The Morgan fingerprint density at radius 3 is 2.29 bits per heavy atom. The number of carbonyl (C=O) groups is 2. The Labute approximate surface area is 135 Å². The number of hydrogen-bond acceptors (Lipinski definition) is 3. The van der Waals surface area contributed by atoms with Crippen molar-refractivity contribution in [2.75, 3.05) is 7.05 Å². The minimum Gasteiger partial charge on any atom is -0.364 e. The summed E-state index contributed by atoms with van der Waals surface area (Å²) in [5.41, 5.74) is 4.97. The number of alkyl halides is 3. The third-order valence-electron chi connectivity index (χ3n) is 3.54. The van der Waals surface area contributed by atoms with Crippen molar-refractivity contribution in [2.45, 2.75) is 19.1 Å². The summed E-state index contributed by atoms with van der Waals surface area (Å²) >= 11 is 0. The minimum absolute atomic E-state index is 0.00920. The molecule has 1 aromatic carbocycles. The molecule has 0 aliphatic heterocycles. The maximum Gasteiger partial charge on any atom is 0.416 e. The zero-order valence-electron chi connectivity index (χ0n) is 12.9. The number of nitrogens with two attached hydrogens (primary N) is 1. The highest BCUT2D eigenvalue weighted by Gasteiger charge is 2.30. The van der Waals surface area contributed by atoms with Crippen molar-refractivity contribution in [1.82, 2.24) is 15.1 Å². The molecule has 0 saturated carbocycles. The lowest BCUT2D eigenvalue weighted by atomic mass is 10.1. The lowest BCUT2D eigenvalue weighted by molar-refractivity contribution is -0.137. The quantitative estimate of drug-likeness (QED) is 0.892. The number of primary amides is 1. The highest BCUT2D eigenvalue weighted by atomic mass is 19.4. The summed E-state index contributed by atoms with van der Waals surface area (Å²) in [5.74, 6) is -1.30. The molecule has 1 heterocycles. The maximum absolute atomic E-state index is 12.6. The van der Waals surface area contributed by atoms with Crippen LogP contribution in [-0.4, -0.2) is 28.6 Å². The zero-order valence-corrected chi connectivity index (χ0v) is 12.9. The molecular formula is C15H15F3N4O2. The van der Waals surface area contributed by atoms with Gasteiger partial charge in [0, 0.05) is 13.1 Å². The van der Waals surface area contributed by atoms with Crippen LogP contribution in [0.4, 0.5) is 13.2 Å². The summed E-state index contributed by atoms with van der Waals surface area (Å²) in [6.45, 7) is 1.63. The van der Waals surface area contributed by atoms with E-state index in [1.165, 1.54) is 29.9 Å². The Morgan fingerprint density at radius 2 is 1.83 bits per heavy atom. The molecular weight excluding hydrogens is 325 g/mol. The number of halogens is 3. The van der Waals surface area contributed by atoms with Crippen LogP contribution in [0.3, 0.4) is 0 Å². The Hall–Kier alpha value is -2.84. The Morgan fingerprint density at radius 1 is 1.25 bits per heavy atom. The molecule has 9 heteroatoms. The number of hydrogen-bond donors (Lipinski definition) is 2. The van der Waals surface area contributed by atoms with Crippen LogP contribution in [0.1, 0.15) is 45.1 Å². The van der Waals surface area contributed by atoms with Gasteiger partial charge in [0.25, 0.3) is 11.8 Å². The average Bonchev–Trinajstić information content (AvgIpc) is 2.98. The first-order valence-corrected chi connectivity index (χ1v) is 6.93. The number of amides is 2. The number of benzene rings is 1. The van der Waals surface area contributed by atoms with E-state index in [-0.39, 0.29) is 11.4 Å². The van der Waals surface area contributed by atoms with Crippen molar-refractivity contribution in [2.24, 2.45) is 5.73 Å². The van der Waals surface area contributed by atoms with Crippen LogP contribution in [0.25, 0.3) is 0 Å². The summed E-state index contributed by atoms with van der Waals surface area (Å²) in [4.78, 5) is 23.2. The summed E-state index contributed by atoms with van der Waals surface area (Å²) in [6, 6.07) is 5.12. The van der Waals surface area contributed by atoms with E-state index in [1.807, 2.05) is 0 Å². The highest BCUT2D eigenvalue weighted by Crippen LogP contribution is 2.30. The molecule has 3 N–H and O–H groups in total. The third-order valence-corrected chi connectivity index (χ3v) is 3.54. The smallest absolute Gasteiger partial charge is 0.364 e. The summed E-state index contributed by atoms with van der Waals surface area (Å²) in [5, 5.41) is 6.40. The number of nitrogens with zero attached hydrogens (tertiary/aromatic N) is 2. The summed E-state index contributed by atoms with van der Waals surface area (Å²) in [6.07, 6.45) is -4.43. The lowest BCUT2D eigenvalue weighted by Gasteiger charge is -2.16. The van der Waals surface area contributed by atoms with Gasteiger partial charge in [-0.05, 0) is 24.6 Å². The number of nitrogens with one attached hydrogen (secondary N) is 1. The van der Waals surface area contributed by atoms with E-state index in [2.05, 4.69) is 10.4 Å². The molecule has 0 bridgehead atoms. The fraction of sp³-hybridized carbons (Fsp3) is 0.267. The van der Waals surface area contributed by atoms with Gasteiger partial charge in [0.1, 0.15) is 5.69 Å². The number of rotatable bonds is 4. The first-order chi connectivity index (χ1) is 11.1. The van der Waals surface area contributed by atoms with E-state index < -0.39 is 29.6 Å². The van der Waals surface area contributed by atoms with Gasteiger partial charge < -0.3 is 11.1 Å². The third kappa shape index (κ3) is 3.39. The molecule has 2 amide bonds. The van der Waals surface area contributed by atoms with Gasteiger partial charge in [0.2, 0.25) is 0 Å². The van der Waals surface area contributed by atoms with Gasteiger partial charge in [0.05, 0.1) is 11.6 Å². The molecule has 0 radical (unpaired) electrons. The largest absolute Gasteiger partial charge is 0.416 e. The normalized spacial score (nSPS) is 12.7. The first-order valence-electron chi connectivity index (χ1n) is 6.93. The van der Waals surface area contributed by atoms with E-state index in [0.29, 0.717) is 5.56 Å². The van der Waals surface area contributed by atoms with Gasteiger partial charge in [0.15, 0.2) is 5.69 Å². The second-order valence-electron chi connectivity index (χ2n) is 5.10. The predicted molar refractivity (Wildman–Crippen MR) is 79.4 cm³/mol.